The third-order valence-electron chi connectivity index (χ3n) is 1.82. The fraction of sp³-hybridized carbons (Fsp3) is 0.538. The Morgan fingerprint density at radius 3 is 1.65 bits per heavy atom. The quantitative estimate of drug-likeness (QED) is 0.655. The minimum absolute atomic E-state index is 0.0694. The monoisotopic (exact) mass is 290 g/mol. The van der Waals surface area contributed by atoms with Crippen LogP contribution in [0.4, 0.5) is 0 Å². The van der Waals surface area contributed by atoms with E-state index in [9.17, 15) is 9.59 Å². The Labute approximate surface area is 118 Å². The minimum atomic E-state index is -0.935. The molecule has 3 N–H and O–H groups in total. The van der Waals surface area contributed by atoms with Gasteiger partial charge in [0.2, 0.25) is 0 Å². The molecule has 1 aliphatic heterocycles. The molecular formula is C13H22O7. The van der Waals surface area contributed by atoms with E-state index in [0.717, 1.165) is 0 Å². The van der Waals surface area contributed by atoms with Gasteiger partial charge >= 0.3 is 11.9 Å². The summed E-state index contributed by atoms with van der Waals surface area (Å²) < 4.78 is 10.0. The highest BCUT2D eigenvalue weighted by Gasteiger charge is 2.11. The molecule has 0 radical (unpaired) electrons. The Balaban J connectivity index is 0. The minimum Gasteiger partial charge on any atom is -0.478 e. The van der Waals surface area contributed by atoms with E-state index in [-0.39, 0.29) is 23.9 Å². The van der Waals surface area contributed by atoms with Crippen molar-refractivity contribution in [3.8, 4) is 0 Å². The molecule has 0 aromatic rings. The van der Waals surface area contributed by atoms with E-state index in [1.807, 2.05) is 0 Å². The lowest BCUT2D eigenvalue weighted by atomic mass is 10.4. The van der Waals surface area contributed by atoms with Crippen LogP contribution in [-0.4, -0.2) is 59.8 Å². The van der Waals surface area contributed by atoms with Gasteiger partial charge in [-0.25, -0.2) is 9.59 Å². The van der Waals surface area contributed by atoms with Crippen molar-refractivity contribution in [2.75, 3.05) is 26.4 Å². The second kappa shape index (κ2) is 12.3. The van der Waals surface area contributed by atoms with Crippen LogP contribution in [0.25, 0.3) is 0 Å². The van der Waals surface area contributed by atoms with Crippen molar-refractivity contribution in [1.29, 1.82) is 0 Å². The van der Waals surface area contributed by atoms with Crippen molar-refractivity contribution in [1.82, 2.24) is 0 Å². The van der Waals surface area contributed by atoms with Crippen LogP contribution >= 0.6 is 0 Å². The first-order chi connectivity index (χ1) is 9.22. The Morgan fingerprint density at radius 1 is 1.10 bits per heavy atom. The predicted octanol–water partition coefficient (Wildman–Crippen LogP) is 0.688. The van der Waals surface area contributed by atoms with Gasteiger partial charge in [-0.15, -0.1) is 0 Å². The van der Waals surface area contributed by atoms with Crippen LogP contribution in [-0.2, 0) is 19.1 Å². The number of aliphatic hydroxyl groups excluding tert-OH is 1. The van der Waals surface area contributed by atoms with Crippen LogP contribution in [0.3, 0.4) is 0 Å². The highest BCUT2D eigenvalue weighted by Crippen LogP contribution is 1.97. The topological polar surface area (TPSA) is 113 Å². The number of carboxylic acids is 2. The lowest BCUT2D eigenvalue weighted by Crippen LogP contribution is -2.31. The van der Waals surface area contributed by atoms with Crippen molar-refractivity contribution in [2.24, 2.45) is 0 Å². The fourth-order valence-corrected chi connectivity index (χ4v) is 0.642. The summed E-state index contributed by atoms with van der Waals surface area (Å²) in [6.07, 6.45) is -0.0799. The summed E-state index contributed by atoms with van der Waals surface area (Å²) in [4.78, 5) is 19.2. The number of hydrogen-bond acceptors (Lipinski definition) is 5. The van der Waals surface area contributed by atoms with Gasteiger partial charge in [-0.3, -0.25) is 0 Å². The van der Waals surface area contributed by atoms with Crippen LogP contribution in [0.15, 0.2) is 24.3 Å². The van der Waals surface area contributed by atoms with E-state index >= 15 is 0 Å². The molecule has 1 fully saturated rings. The molecule has 0 aromatic heterocycles. The first-order valence-corrected chi connectivity index (χ1v) is 5.80. The highest BCUT2D eigenvalue weighted by atomic mass is 16.6. The third-order valence-corrected chi connectivity index (χ3v) is 1.82. The van der Waals surface area contributed by atoms with Gasteiger partial charge in [0, 0.05) is 11.1 Å². The zero-order valence-electron chi connectivity index (χ0n) is 11.8. The number of carboxylic acid groups (broad SMARTS) is 2. The molecule has 1 heterocycles. The molecule has 116 valence electrons. The van der Waals surface area contributed by atoms with Gasteiger partial charge in [-0.2, -0.15) is 0 Å². The second-order valence-corrected chi connectivity index (χ2v) is 3.92. The van der Waals surface area contributed by atoms with Gasteiger partial charge in [0.1, 0.15) is 6.10 Å². The fourth-order valence-electron chi connectivity index (χ4n) is 0.642. The third kappa shape index (κ3) is 14.4. The standard InChI is InChI=1S/C5H10O3.2C4H6O2/c6-3-5-4-7-1-2-8-5;2*1-3(2)4(5)6/h5-6H,1-4H2;2*1H2,2H3,(H,5,6). The summed E-state index contributed by atoms with van der Waals surface area (Å²) >= 11 is 0. The Bertz CT molecular complexity index is 282. The molecule has 0 aliphatic carbocycles. The Kier molecular flexibility index (Phi) is 12.7. The van der Waals surface area contributed by atoms with Gasteiger partial charge in [0.05, 0.1) is 26.4 Å². The van der Waals surface area contributed by atoms with Crippen molar-refractivity contribution < 1.29 is 34.4 Å². The molecule has 7 heteroatoms. The zero-order chi connectivity index (χ0) is 16.1. The molecule has 20 heavy (non-hydrogen) atoms. The van der Waals surface area contributed by atoms with Crippen LogP contribution < -0.4 is 0 Å². The maximum absolute atomic E-state index is 9.60. The average molecular weight is 290 g/mol. The summed E-state index contributed by atoms with van der Waals surface area (Å²) in [6, 6.07) is 0. The lowest BCUT2D eigenvalue weighted by molar-refractivity contribution is -0.133. The van der Waals surface area contributed by atoms with E-state index in [0.29, 0.717) is 19.8 Å². The first-order valence-electron chi connectivity index (χ1n) is 5.80. The molecule has 1 unspecified atom stereocenters. The predicted molar refractivity (Wildman–Crippen MR) is 72.5 cm³/mol. The van der Waals surface area contributed by atoms with Gasteiger partial charge in [-0.05, 0) is 13.8 Å². The van der Waals surface area contributed by atoms with Crippen molar-refractivity contribution in [3.63, 3.8) is 0 Å². The number of rotatable bonds is 3. The summed E-state index contributed by atoms with van der Waals surface area (Å²) in [6.45, 7) is 11.1. The number of carbonyl (C=O) groups is 2. The highest BCUT2D eigenvalue weighted by molar-refractivity contribution is 5.85. The molecule has 0 spiro atoms. The molecule has 7 nitrogen and oxygen atoms in total. The van der Waals surface area contributed by atoms with Crippen molar-refractivity contribution in [2.45, 2.75) is 20.0 Å². The summed E-state index contributed by atoms with van der Waals surface area (Å²) in [7, 11) is 0. The van der Waals surface area contributed by atoms with Gasteiger partial charge in [0.25, 0.3) is 0 Å². The lowest BCUT2D eigenvalue weighted by Gasteiger charge is -2.20. The van der Waals surface area contributed by atoms with Crippen molar-refractivity contribution in [3.05, 3.63) is 24.3 Å². The van der Waals surface area contributed by atoms with Crippen LogP contribution in [0.5, 0.6) is 0 Å². The molecule has 1 atom stereocenters. The van der Waals surface area contributed by atoms with Gasteiger partial charge < -0.3 is 24.8 Å². The van der Waals surface area contributed by atoms with Crippen LogP contribution in [0.1, 0.15) is 13.8 Å². The first kappa shape index (κ1) is 20.6. The molecule has 1 rings (SSSR count). The summed E-state index contributed by atoms with van der Waals surface area (Å²) in [5, 5.41) is 24.3. The molecule has 0 bridgehead atoms. The molecule has 1 aliphatic rings. The maximum atomic E-state index is 9.60. The molecule has 0 aromatic carbocycles. The maximum Gasteiger partial charge on any atom is 0.330 e. The van der Waals surface area contributed by atoms with Crippen molar-refractivity contribution >= 4 is 11.9 Å². The smallest absolute Gasteiger partial charge is 0.330 e. The van der Waals surface area contributed by atoms with Gasteiger partial charge in [-0.1, -0.05) is 13.2 Å². The van der Waals surface area contributed by atoms with E-state index < -0.39 is 11.9 Å². The normalized spacial score (nSPS) is 16.6. The van der Waals surface area contributed by atoms with E-state index in [4.69, 9.17) is 24.8 Å². The SMILES string of the molecule is C=C(C)C(=O)O.C=C(C)C(=O)O.OCC1COCCO1. The van der Waals surface area contributed by atoms with Crippen LogP contribution in [0, 0.1) is 0 Å². The summed E-state index contributed by atoms with van der Waals surface area (Å²) in [5.41, 5.74) is 0.352. The molecule has 0 saturated carbocycles. The number of aliphatic carboxylic acids is 2. The van der Waals surface area contributed by atoms with E-state index in [1.165, 1.54) is 13.8 Å². The van der Waals surface area contributed by atoms with E-state index in [1.54, 1.807) is 0 Å². The second-order valence-electron chi connectivity index (χ2n) is 3.92. The van der Waals surface area contributed by atoms with E-state index in [2.05, 4.69) is 13.2 Å². The van der Waals surface area contributed by atoms with Crippen LogP contribution in [0.2, 0.25) is 0 Å². The van der Waals surface area contributed by atoms with Gasteiger partial charge in [0.15, 0.2) is 0 Å². The zero-order valence-corrected chi connectivity index (χ0v) is 11.8. The molecule has 0 amide bonds. The molecule has 1 saturated heterocycles. The average Bonchev–Trinajstić information content (AvgIpc) is 2.40. The number of aliphatic hydroxyl groups is 1. The summed E-state index contributed by atoms with van der Waals surface area (Å²) in [5.74, 6) is -1.87. The Hall–Kier alpha value is -1.70. The molecular weight excluding hydrogens is 268 g/mol. The largest absolute Gasteiger partial charge is 0.478 e. The number of ether oxygens (including phenoxy) is 2. The Morgan fingerprint density at radius 2 is 1.50 bits per heavy atom. The number of hydrogen-bond donors (Lipinski definition) is 3.